The number of benzene rings is 1. The van der Waals surface area contributed by atoms with Crippen LogP contribution in [0.15, 0.2) is 35.3 Å². The first-order valence-corrected chi connectivity index (χ1v) is 5.23. The average molecular weight is 253 g/mol. The van der Waals surface area contributed by atoms with E-state index in [4.69, 9.17) is 0 Å². The predicted molar refractivity (Wildman–Crippen MR) is 62.7 cm³/mol. The number of hydrogen-bond acceptors (Lipinski definition) is 1. The quantitative estimate of drug-likeness (QED) is 0.804. The molecule has 0 saturated heterocycles. The molecule has 0 radical (unpaired) electrons. The lowest BCUT2D eigenvalue weighted by molar-refractivity contribution is -0.117. The minimum Gasteiger partial charge on any atom is -0.299 e. The molecule has 0 aliphatic carbocycles. The van der Waals surface area contributed by atoms with E-state index in [1.54, 1.807) is 6.92 Å². The summed E-state index contributed by atoms with van der Waals surface area (Å²) >= 11 is 3.28. The Kier molecular flexibility index (Phi) is 3.64. The van der Waals surface area contributed by atoms with E-state index in [2.05, 4.69) is 22.5 Å². The molecule has 0 amide bonds. The van der Waals surface area contributed by atoms with Crippen LogP contribution in [0.1, 0.15) is 24.0 Å². The Morgan fingerprint density at radius 1 is 1.36 bits per heavy atom. The number of Topliss-reactive ketones (excluding diaryl/α,β-unsaturated/α-hetero) is 1. The first-order valence-electron chi connectivity index (χ1n) is 4.43. The standard InChI is InChI=1S/C12H13BrO/c1-8-4-6-11(7-5-8)12(9(2)13)10(3)14/h4-7,12H,2H2,1,3H3. The molecule has 0 heterocycles. The van der Waals surface area contributed by atoms with Gasteiger partial charge in [-0.25, -0.2) is 0 Å². The highest BCUT2D eigenvalue weighted by atomic mass is 79.9. The number of carbonyl (C=O) groups is 1. The summed E-state index contributed by atoms with van der Waals surface area (Å²) in [6, 6.07) is 7.93. The van der Waals surface area contributed by atoms with Crippen LogP contribution in [0.25, 0.3) is 0 Å². The number of aryl methyl sites for hydroxylation is 1. The predicted octanol–water partition coefficient (Wildman–Crippen LogP) is 3.58. The summed E-state index contributed by atoms with van der Waals surface area (Å²) < 4.78 is 0.717. The van der Waals surface area contributed by atoms with Gasteiger partial charge in [-0.3, -0.25) is 4.79 Å². The molecule has 1 aromatic carbocycles. The minimum atomic E-state index is -0.226. The fourth-order valence-electron chi connectivity index (χ4n) is 1.40. The third kappa shape index (κ3) is 2.55. The van der Waals surface area contributed by atoms with Gasteiger partial charge in [-0.15, -0.1) is 0 Å². The van der Waals surface area contributed by atoms with Gasteiger partial charge in [0, 0.05) is 4.48 Å². The third-order valence-electron chi connectivity index (χ3n) is 2.13. The van der Waals surface area contributed by atoms with E-state index in [9.17, 15) is 4.79 Å². The van der Waals surface area contributed by atoms with Gasteiger partial charge in [0.15, 0.2) is 0 Å². The van der Waals surface area contributed by atoms with Gasteiger partial charge in [-0.1, -0.05) is 52.3 Å². The van der Waals surface area contributed by atoms with Gasteiger partial charge in [0.1, 0.15) is 5.78 Å². The Bertz CT molecular complexity index is 337. The number of ketones is 1. The van der Waals surface area contributed by atoms with Crippen LogP contribution in [0.4, 0.5) is 0 Å². The van der Waals surface area contributed by atoms with Crippen molar-refractivity contribution in [2.24, 2.45) is 0 Å². The summed E-state index contributed by atoms with van der Waals surface area (Å²) in [6.45, 7) is 7.37. The number of carbonyl (C=O) groups excluding carboxylic acids is 1. The number of hydrogen-bond donors (Lipinski definition) is 0. The fraction of sp³-hybridized carbons (Fsp3) is 0.250. The van der Waals surface area contributed by atoms with E-state index in [0.29, 0.717) is 4.48 Å². The molecule has 0 aliphatic rings. The summed E-state index contributed by atoms with van der Waals surface area (Å²) in [4.78, 5) is 11.4. The smallest absolute Gasteiger partial charge is 0.142 e. The molecule has 0 fully saturated rings. The van der Waals surface area contributed by atoms with Crippen molar-refractivity contribution in [3.8, 4) is 0 Å². The van der Waals surface area contributed by atoms with E-state index in [-0.39, 0.29) is 11.7 Å². The Morgan fingerprint density at radius 2 is 1.86 bits per heavy atom. The van der Waals surface area contributed by atoms with Crippen LogP contribution in [-0.2, 0) is 4.79 Å². The van der Waals surface area contributed by atoms with E-state index in [1.807, 2.05) is 31.2 Å². The first kappa shape index (κ1) is 11.2. The Morgan fingerprint density at radius 3 is 2.21 bits per heavy atom. The highest BCUT2D eigenvalue weighted by Gasteiger charge is 2.17. The van der Waals surface area contributed by atoms with E-state index < -0.39 is 0 Å². The molecule has 0 saturated carbocycles. The Labute approximate surface area is 93.0 Å². The van der Waals surface area contributed by atoms with Crippen molar-refractivity contribution in [1.82, 2.24) is 0 Å². The van der Waals surface area contributed by atoms with Crippen molar-refractivity contribution in [3.63, 3.8) is 0 Å². The molecule has 0 aliphatic heterocycles. The molecule has 1 unspecified atom stereocenters. The van der Waals surface area contributed by atoms with Gasteiger partial charge in [-0.05, 0) is 19.4 Å². The Balaban J connectivity index is 3.06. The molecule has 74 valence electrons. The molecule has 0 N–H and O–H groups in total. The normalized spacial score (nSPS) is 12.2. The molecule has 0 spiro atoms. The number of rotatable bonds is 3. The van der Waals surface area contributed by atoms with Gasteiger partial charge < -0.3 is 0 Å². The lowest BCUT2D eigenvalue weighted by Crippen LogP contribution is -2.08. The number of allylic oxidation sites excluding steroid dienone is 1. The first-order chi connectivity index (χ1) is 6.52. The summed E-state index contributed by atoms with van der Waals surface area (Å²) in [5.41, 5.74) is 2.18. The van der Waals surface area contributed by atoms with Crippen molar-refractivity contribution in [3.05, 3.63) is 46.5 Å². The van der Waals surface area contributed by atoms with Gasteiger partial charge in [-0.2, -0.15) is 0 Å². The molecule has 14 heavy (non-hydrogen) atoms. The topological polar surface area (TPSA) is 17.1 Å². The zero-order chi connectivity index (χ0) is 10.7. The van der Waals surface area contributed by atoms with Gasteiger partial charge in [0.2, 0.25) is 0 Å². The van der Waals surface area contributed by atoms with Gasteiger partial charge in [0.25, 0.3) is 0 Å². The maximum absolute atomic E-state index is 11.4. The largest absolute Gasteiger partial charge is 0.299 e. The van der Waals surface area contributed by atoms with E-state index in [1.165, 1.54) is 5.56 Å². The van der Waals surface area contributed by atoms with Crippen LogP contribution >= 0.6 is 15.9 Å². The molecular formula is C12H13BrO. The van der Waals surface area contributed by atoms with Gasteiger partial charge >= 0.3 is 0 Å². The van der Waals surface area contributed by atoms with Crippen LogP contribution in [0.2, 0.25) is 0 Å². The highest BCUT2D eigenvalue weighted by Crippen LogP contribution is 2.28. The second-order valence-electron chi connectivity index (χ2n) is 3.40. The fourth-order valence-corrected chi connectivity index (χ4v) is 1.98. The van der Waals surface area contributed by atoms with Crippen LogP contribution in [-0.4, -0.2) is 5.78 Å². The summed E-state index contributed by atoms with van der Waals surface area (Å²) in [5.74, 6) is -0.119. The van der Waals surface area contributed by atoms with E-state index >= 15 is 0 Å². The zero-order valence-electron chi connectivity index (χ0n) is 8.38. The van der Waals surface area contributed by atoms with Gasteiger partial charge in [0.05, 0.1) is 5.92 Å². The van der Waals surface area contributed by atoms with E-state index in [0.717, 1.165) is 5.56 Å². The summed E-state index contributed by atoms with van der Waals surface area (Å²) in [7, 11) is 0. The maximum atomic E-state index is 11.4. The monoisotopic (exact) mass is 252 g/mol. The van der Waals surface area contributed by atoms with Crippen LogP contribution < -0.4 is 0 Å². The summed E-state index contributed by atoms with van der Waals surface area (Å²) in [6.07, 6.45) is 0. The molecule has 1 rings (SSSR count). The number of halogens is 1. The maximum Gasteiger partial charge on any atom is 0.142 e. The molecule has 1 atom stereocenters. The van der Waals surface area contributed by atoms with Crippen LogP contribution in [0, 0.1) is 6.92 Å². The molecule has 2 heteroatoms. The molecule has 0 bridgehead atoms. The lowest BCUT2D eigenvalue weighted by atomic mass is 9.95. The minimum absolute atomic E-state index is 0.107. The van der Waals surface area contributed by atoms with Crippen LogP contribution in [0.5, 0.6) is 0 Å². The Hall–Kier alpha value is -0.890. The van der Waals surface area contributed by atoms with Crippen molar-refractivity contribution in [1.29, 1.82) is 0 Å². The molecule has 1 nitrogen and oxygen atoms in total. The average Bonchev–Trinajstić information content (AvgIpc) is 2.07. The summed E-state index contributed by atoms with van der Waals surface area (Å²) in [5, 5.41) is 0. The van der Waals surface area contributed by atoms with Crippen molar-refractivity contribution in [2.45, 2.75) is 19.8 Å². The lowest BCUT2D eigenvalue weighted by Gasteiger charge is -2.12. The molecular weight excluding hydrogens is 240 g/mol. The zero-order valence-corrected chi connectivity index (χ0v) is 9.97. The van der Waals surface area contributed by atoms with Crippen LogP contribution in [0.3, 0.4) is 0 Å². The molecule has 0 aromatic heterocycles. The molecule has 1 aromatic rings. The third-order valence-corrected chi connectivity index (χ3v) is 2.59. The highest BCUT2D eigenvalue weighted by molar-refractivity contribution is 9.11. The van der Waals surface area contributed by atoms with Crippen molar-refractivity contribution >= 4 is 21.7 Å². The van der Waals surface area contributed by atoms with Crippen molar-refractivity contribution in [2.75, 3.05) is 0 Å². The second-order valence-corrected chi connectivity index (χ2v) is 4.42. The second kappa shape index (κ2) is 4.56. The SMILES string of the molecule is C=C(Br)C(C(C)=O)c1ccc(C)cc1. The van der Waals surface area contributed by atoms with Crippen molar-refractivity contribution < 1.29 is 4.79 Å².